The maximum Gasteiger partial charge on any atom is 0.305 e. The summed E-state index contributed by atoms with van der Waals surface area (Å²) < 4.78 is 5.14. The van der Waals surface area contributed by atoms with Crippen LogP contribution in [-0.4, -0.2) is 12.6 Å². The van der Waals surface area contributed by atoms with Gasteiger partial charge in [-0.15, -0.1) is 0 Å². The van der Waals surface area contributed by atoms with Gasteiger partial charge in [0.25, 0.3) is 0 Å². The molecule has 0 N–H and O–H groups in total. The lowest BCUT2D eigenvalue weighted by molar-refractivity contribution is -0.145. The second-order valence-corrected chi connectivity index (χ2v) is 3.79. The first-order valence-electron chi connectivity index (χ1n) is 5.28. The van der Waals surface area contributed by atoms with Crippen LogP contribution in [0.1, 0.15) is 44.9 Å². The molecule has 1 fully saturated rings. The Labute approximate surface area is 80.7 Å². The molecular formula is C11H19O2. The van der Waals surface area contributed by atoms with E-state index >= 15 is 0 Å². The summed E-state index contributed by atoms with van der Waals surface area (Å²) in [6.45, 7) is 4.26. The van der Waals surface area contributed by atoms with Crippen LogP contribution in [0.15, 0.2) is 0 Å². The summed E-state index contributed by atoms with van der Waals surface area (Å²) in [6, 6.07) is 0. The van der Waals surface area contributed by atoms with Gasteiger partial charge in [-0.3, -0.25) is 4.79 Å². The summed E-state index contributed by atoms with van der Waals surface area (Å²) in [6.07, 6.45) is 7.53. The van der Waals surface area contributed by atoms with Crippen molar-refractivity contribution in [1.82, 2.24) is 0 Å². The number of hydrogen-bond donors (Lipinski definition) is 0. The van der Waals surface area contributed by atoms with Crippen LogP contribution in [0.3, 0.4) is 0 Å². The second kappa shape index (κ2) is 6.01. The molecule has 13 heavy (non-hydrogen) atoms. The maximum atomic E-state index is 11.0. The molecule has 1 radical (unpaired) electrons. The molecule has 0 aromatic heterocycles. The van der Waals surface area contributed by atoms with Gasteiger partial charge in [0.2, 0.25) is 0 Å². The van der Waals surface area contributed by atoms with Crippen LogP contribution in [-0.2, 0) is 9.53 Å². The predicted molar refractivity (Wildman–Crippen MR) is 52.1 cm³/mol. The number of ether oxygens (including phenoxy) is 1. The van der Waals surface area contributed by atoms with E-state index in [0.717, 1.165) is 0 Å². The minimum Gasteiger partial charge on any atom is -0.465 e. The molecule has 1 aliphatic rings. The van der Waals surface area contributed by atoms with E-state index in [1.165, 1.54) is 32.1 Å². The largest absolute Gasteiger partial charge is 0.465 e. The normalized spacial score (nSPS) is 18.5. The average molecular weight is 183 g/mol. The Morgan fingerprint density at radius 1 is 1.31 bits per heavy atom. The lowest BCUT2D eigenvalue weighted by atomic mass is 9.90. The molecule has 0 heterocycles. The fourth-order valence-corrected chi connectivity index (χ4v) is 1.78. The number of rotatable bonds is 4. The molecule has 1 rings (SSSR count). The van der Waals surface area contributed by atoms with E-state index in [0.29, 0.717) is 25.4 Å². The lowest BCUT2D eigenvalue weighted by Gasteiger charge is -2.20. The fourth-order valence-electron chi connectivity index (χ4n) is 1.78. The first kappa shape index (κ1) is 10.6. The van der Waals surface area contributed by atoms with E-state index in [1.807, 2.05) is 0 Å². The van der Waals surface area contributed by atoms with Crippen molar-refractivity contribution in [3.8, 4) is 0 Å². The van der Waals surface area contributed by atoms with Gasteiger partial charge in [-0.05, 0) is 25.2 Å². The van der Waals surface area contributed by atoms with Crippen LogP contribution in [0.4, 0.5) is 0 Å². The van der Waals surface area contributed by atoms with Gasteiger partial charge in [-0.2, -0.15) is 0 Å². The molecule has 0 atom stereocenters. The molecule has 2 nitrogen and oxygen atoms in total. The van der Waals surface area contributed by atoms with E-state index < -0.39 is 0 Å². The Bertz CT molecular complexity index is 148. The number of esters is 1. The van der Waals surface area contributed by atoms with E-state index in [4.69, 9.17) is 4.74 Å². The van der Waals surface area contributed by atoms with Crippen LogP contribution >= 0.6 is 0 Å². The van der Waals surface area contributed by atoms with Gasteiger partial charge in [-0.1, -0.05) is 26.2 Å². The van der Waals surface area contributed by atoms with Gasteiger partial charge < -0.3 is 4.74 Å². The van der Waals surface area contributed by atoms with Crippen LogP contribution in [0.25, 0.3) is 0 Å². The molecule has 75 valence electrons. The Kier molecular flexibility index (Phi) is 4.87. The highest BCUT2D eigenvalue weighted by Crippen LogP contribution is 2.23. The first-order valence-corrected chi connectivity index (χ1v) is 5.28. The van der Waals surface area contributed by atoms with Crippen molar-refractivity contribution in [3.63, 3.8) is 0 Å². The Balaban J connectivity index is 2.06. The zero-order chi connectivity index (χ0) is 9.52. The summed E-state index contributed by atoms with van der Waals surface area (Å²) in [7, 11) is 0. The minimum absolute atomic E-state index is 0.0828. The Morgan fingerprint density at radius 2 is 2.00 bits per heavy atom. The van der Waals surface area contributed by atoms with E-state index in [-0.39, 0.29) is 5.97 Å². The number of carbonyl (C=O) groups is 1. The molecule has 0 bridgehead atoms. The molecule has 0 aromatic rings. The third-order valence-electron chi connectivity index (χ3n) is 2.59. The zero-order valence-electron chi connectivity index (χ0n) is 8.26. The van der Waals surface area contributed by atoms with E-state index in [2.05, 4.69) is 6.92 Å². The van der Waals surface area contributed by atoms with Crippen molar-refractivity contribution in [2.24, 2.45) is 5.92 Å². The standard InChI is InChI=1S/C11H19O2/c1-2-6-11(12)13-9-10-7-4-3-5-8-10/h10H,1-9H2. The van der Waals surface area contributed by atoms with Gasteiger partial charge in [0.1, 0.15) is 0 Å². The van der Waals surface area contributed by atoms with Crippen molar-refractivity contribution in [2.75, 3.05) is 6.61 Å². The highest BCUT2D eigenvalue weighted by molar-refractivity contribution is 5.69. The van der Waals surface area contributed by atoms with Crippen LogP contribution in [0.2, 0.25) is 0 Å². The third kappa shape index (κ3) is 4.30. The highest BCUT2D eigenvalue weighted by Gasteiger charge is 2.14. The smallest absolute Gasteiger partial charge is 0.305 e. The van der Waals surface area contributed by atoms with Crippen LogP contribution < -0.4 is 0 Å². The van der Waals surface area contributed by atoms with Crippen molar-refractivity contribution < 1.29 is 9.53 Å². The summed E-state index contributed by atoms with van der Waals surface area (Å²) in [4.78, 5) is 11.0. The summed E-state index contributed by atoms with van der Waals surface area (Å²) in [5, 5.41) is 0. The molecule has 0 aromatic carbocycles. The Hall–Kier alpha value is -0.530. The number of hydrogen-bond acceptors (Lipinski definition) is 2. The summed E-state index contributed by atoms with van der Waals surface area (Å²) in [5.74, 6) is 0.545. The molecule has 0 unspecified atom stereocenters. The molecule has 2 heteroatoms. The molecule has 1 aliphatic carbocycles. The maximum absolute atomic E-state index is 11.0. The fraction of sp³-hybridized carbons (Fsp3) is 0.818. The quantitative estimate of drug-likeness (QED) is 0.626. The third-order valence-corrected chi connectivity index (χ3v) is 2.59. The molecule has 1 saturated carbocycles. The van der Waals surface area contributed by atoms with Gasteiger partial charge in [0.15, 0.2) is 0 Å². The first-order chi connectivity index (χ1) is 6.33. The predicted octanol–water partition coefficient (Wildman–Crippen LogP) is 2.72. The van der Waals surface area contributed by atoms with Crippen LogP contribution in [0, 0.1) is 12.8 Å². The second-order valence-electron chi connectivity index (χ2n) is 3.79. The van der Waals surface area contributed by atoms with Crippen molar-refractivity contribution >= 4 is 5.97 Å². The van der Waals surface area contributed by atoms with Gasteiger partial charge in [0, 0.05) is 6.42 Å². The van der Waals surface area contributed by atoms with E-state index in [1.54, 1.807) is 0 Å². The summed E-state index contributed by atoms with van der Waals surface area (Å²) >= 11 is 0. The Morgan fingerprint density at radius 3 is 2.62 bits per heavy atom. The zero-order valence-corrected chi connectivity index (χ0v) is 8.26. The monoisotopic (exact) mass is 183 g/mol. The van der Waals surface area contributed by atoms with E-state index in [9.17, 15) is 4.79 Å². The van der Waals surface area contributed by atoms with Crippen LogP contribution in [0.5, 0.6) is 0 Å². The van der Waals surface area contributed by atoms with Crippen molar-refractivity contribution in [2.45, 2.75) is 44.9 Å². The molecule has 0 spiro atoms. The summed E-state index contributed by atoms with van der Waals surface area (Å²) in [5.41, 5.74) is 0. The van der Waals surface area contributed by atoms with Gasteiger partial charge >= 0.3 is 5.97 Å². The average Bonchev–Trinajstić information content (AvgIpc) is 2.17. The number of carbonyl (C=O) groups excluding carboxylic acids is 1. The van der Waals surface area contributed by atoms with Gasteiger partial charge in [-0.25, -0.2) is 0 Å². The highest BCUT2D eigenvalue weighted by atomic mass is 16.5. The SMILES string of the molecule is [CH2]CCC(=O)OCC1CCCCC1. The van der Waals surface area contributed by atoms with Gasteiger partial charge in [0.05, 0.1) is 6.61 Å². The van der Waals surface area contributed by atoms with Crippen molar-refractivity contribution in [1.29, 1.82) is 0 Å². The molecule has 0 aliphatic heterocycles. The molecule has 0 amide bonds. The minimum atomic E-state index is -0.0828. The lowest BCUT2D eigenvalue weighted by Crippen LogP contribution is -2.16. The van der Waals surface area contributed by atoms with Crippen molar-refractivity contribution in [3.05, 3.63) is 6.92 Å². The molecular weight excluding hydrogens is 164 g/mol. The topological polar surface area (TPSA) is 26.3 Å². The molecule has 0 saturated heterocycles.